The van der Waals surface area contributed by atoms with Crippen LogP contribution in [0.3, 0.4) is 0 Å². The van der Waals surface area contributed by atoms with E-state index < -0.39 is 11.3 Å². The largest absolute Gasteiger partial charge is 0.455 e. The minimum absolute atomic E-state index is 0.231. The van der Waals surface area contributed by atoms with E-state index in [0.717, 1.165) is 18.4 Å². The Kier molecular flexibility index (Phi) is 6.00. The number of esters is 1. The van der Waals surface area contributed by atoms with E-state index in [2.05, 4.69) is 5.32 Å². The van der Waals surface area contributed by atoms with Gasteiger partial charge in [0.25, 0.3) is 5.91 Å². The van der Waals surface area contributed by atoms with Crippen LogP contribution in [0.2, 0.25) is 5.02 Å². The standard InChI is InChI=1S/C17H19ClN2O3/c18-14-6-4-13(5-7-14)17(8-1-2-9-17)16(22)23-12-15(21)20-11-3-10-19/h4-7H,1-3,8-9,11-12H2,(H,20,21). The first-order chi connectivity index (χ1) is 11.1. The summed E-state index contributed by atoms with van der Waals surface area (Å²) in [4.78, 5) is 24.2. The van der Waals surface area contributed by atoms with Crippen LogP contribution in [0, 0.1) is 11.3 Å². The Labute approximate surface area is 140 Å². The van der Waals surface area contributed by atoms with Gasteiger partial charge in [-0.3, -0.25) is 9.59 Å². The molecule has 0 aliphatic heterocycles. The van der Waals surface area contributed by atoms with Crippen molar-refractivity contribution in [3.63, 3.8) is 0 Å². The van der Waals surface area contributed by atoms with Crippen molar-refractivity contribution in [3.8, 4) is 6.07 Å². The number of ether oxygens (including phenoxy) is 1. The van der Waals surface area contributed by atoms with Gasteiger partial charge in [0.05, 0.1) is 17.9 Å². The second-order valence-electron chi connectivity index (χ2n) is 5.63. The molecule has 0 atom stereocenters. The van der Waals surface area contributed by atoms with E-state index in [1.807, 2.05) is 18.2 Å². The molecule has 1 aromatic carbocycles. The number of benzene rings is 1. The third-order valence-electron chi connectivity index (χ3n) is 4.14. The van der Waals surface area contributed by atoms with Crippen molar-refractivity contribution in [3.05, 3.63) is 34.9 Å². The molecule has 0 bridgehead atoms. The molecule has 0 unspecified atom stereocenters. The Hall–Kier alpha value is -2.06. The Balaban J connectivity index is 2.01. The number of amides is 1. The van der Waals surface area contributed by atoms with Gasteiger partial charge in [0.1, 0.15) is 0 Å². The third kappa shape index (κ3) is 4.23. The number of nitrogens with zero attached hydrogens (tertiary/aromatic N) is 1. The average Bonchev–Trinajstić information content (AvgIpc) is 3.04. The van der Waals surface area contributed by atoms with E-state index in [0.29, 0.717) is 17.9 Å². The molecule has 2 rings (SSSR count). The van der Waals surface area contributed by atoms with Gasteiger partial charge in [0, 0.05) is 11.6 Å². The van der Waals surface area contributed by atoms with Gasteiger partial charge in [-0.1, -0.05) is 36.6 Å². The highest BCUT2D eigenvalue weighted by Gasteiger charge is 2.44. The zero-order chi connectivity index (χ0) is 16.7. The zero-order valence-electron chi connectivity index (χ0n) is 12.8. The first-order valence-corrected chi connectivity index (χ1v) is 8.03. The molecule has 0 spiro atoms. The van der Waals surface area contributed by atoms with E-state index in [9.17, 15) is 9.59 Å². The smallest absolute Gasteiger partial charge is 0.317 e. The van der Waals surface area contributed by atoms with Crippen molar-refractivity contribution in [2.75, 3.05) is 13.2 Å². The zero-order valence-corrected chi connectivity index (χ0v) is 13.6. The van der Waals surface area contributed by atoms with E-state index in [1.54, 1.807) is 12.1 Å². The highest BCUT2D eigenvalue weighted by Crippen LogP contribution is 2.42. The molecular formula is C17H19ClN2O3. The molecule has 1 aromatic rings. The summed E-state index contributed by atoms with van der Waals surface area (Å²) in [6, 6.07) is 9.16. The fraction of sp³-hybridized carbons (Fsp3) is 0.471. The molecule has 122 valence electrons. The predicted molar refractivity (Wildman–Crippen MR) is 85.8 cm³/mol. The van der Waals surface area contributed by atoms with Gasteiger partial charge in [0.2, 0.25) is 0 Å². The molecule has 0 heterocycles. The van der Waals surface area contributed by atoms with E-state index in [4.69, 9.17) is 21.6 Å². The summed E-state index contributed by atoms with van der Waals surface area (Å²) in [6.45, 7) is -0.0607. The summed E-state index contributed by atoms with van der Waals surface area (Å²) >= 11 is 5.91. The van der Waals surface area contributed by atoms with E-state index in [1.165, 1.54) is 0 Å². The lowest BCUT2D eigenvalue weighted by Crippen LogP contribution is -2.37. The third-order valence-corrected chi connectivity index (χ3v) is 4.39. The van der Waals surface area contributed by atoms with Crippen LogP contribution >= 0.6 is 11.6 Å². The van der Waals surface area contributed by atoms with Gasteiger partial charge in [-0.05, 0) is 30.5 Å². The van der Waals surface area contributed by atoms with Crippen LogP contribution in [0.5, 0.6) is 0 Å². The van der Waals surface area contributed by atoms with Gasteiger partial charge in [-0.25, -0.2) is 0 Å². The minimum atomic E-state index is -0.683. The summed E-state index contributed by atoms with van der Waals surface area (Å²) in [5.74, 6) is -0.759. The molecule has 6 heteroatoms. The van der Waals surface area contributed by atoms with Crippen molar-refractivity contribution < 1.29 is 14.3 Å². The summed E-state index contributed by atoms with van der Waals surface area (Å²) in [7, 11) is 0. The molecule has 0 saturated heterocycles. The summed E-state index contributed by atoms with van der Waals surface area (Å²) in [5.41, 5.74) is 0.201. The lowest BCUT2D eigenvalue weighted by molar-refractivity contribution is -0.154. The van der Waals surface area contributed by atoms with Crippen LogP contribution < -0.4 is 5.32 Å². The van der Waals surface area contributed by atoms with Gasteiger partial charge in [-0.2, -0.15) is 5.26 Å². The maximum absolute atomic E-state index is 12.6. The molecule has 1 fully saturated rings. The number of nitriles is 1. The number of hydrogen-bond donors (Lipinski definition) is 1. The maximum Gasteiger partial charge on any atom is 0.317 e. The topological polar surface area (TPSA) is 79.2 Å². The molecule has 1 N–H and O–H groups in total. The molecule has 1 amide bonds. The van der Waals surface area contributed by atoms with Crippen molar-refractivity contribution in [1.29, 1.82) is 5.26 Å². The maximum atomic E-state index is 12.6. The normalized spacial score (nSPS) is 15.7. The van der Waals surface area contributed by atoms with Crippen LogP contribution in [0.4, 0.5) is 0 Å². The Morgan fingerprint density at radius 3 is 2.52 bits per heavy atom. The van der Waals surface area contributed by atoms with Crippen LogP contribution in [-0.2, 0) is 19.7 Å². The number of rotatable bonds is 6. The Morgan fingerprint density at radius 2 is 1.91 bits per heavy atom. The highest BCUT2D eigenvalue weighted by atomic mass is 35.5. The summed E-state index contributed by atoms with van der Waals surface area (Å²) in [6.07, 6.45) is 3.56. The van der Waals surface area contributed by atoms with Gasteiger partial charge in [0.15, 0.2) is 6.61 Å². The number of hydrogen-bond acceptors (Lipinski definition) is 4. The van der Waals surface area contributed by atoms with Gasteiger partial charge >= 0.3 is 5.97 Å². The van der Waals surface area contributed by atoms with Crippen LogP contribution in [-0.4, -0.2) is 25.0 Å². The van der Waals surface area contributed by atoms with Crippen molar-refractivity contribution in [2.45, 2.75) is 37.5 Å². The minimum Gasteiger partial charge on any atom is -0.455 e. The van der Waals surface area contributed by atoms with Gasteiger partial charge < -0.3 is 10.1 Å². The SMILES string of the molecule is N#CCCNC(=O)COC(=O)C1(c2ccc(Cl)cc2)CCCC1. The van der Waals surface area contributed by atoms with Crippen molar-refractivity contribution in [2.24, 2.45) is 0 Å². The van der Waals surface area contributed by atoms with Gasteiger partial charge in [-0.15, -0.1) is 0 Å². The molecule has 1 saturated carbocycles. The molecule has 1 aliphatic rings. The quantitative estimate of drug-likeness (QED) is 0.640. The average molecular weight is 335 g/mol. The Bertz CT molecular complexity index is 601. The van der Waals surface area contributed by atoms with E-state index >= 15 is 0 Å². The fourth-order valence-corrected chi connectivity index (χ4v) is 3.06. The van der Waals surface area contributed by atoms with E-state index in [-0.39, 0.29) is 25.5 Å². The van der Waals surface area contributed by atoms with Crippen LogP contribution in [0.25, 0.3) is 0 Å². The highest BCUT2D eigenvalue weighted by molar-refractivity contribution is 6.30. The molecule has 0 radical (unpaired) electrons. The number of carbonyl (C=O) groups excluding carboxylic acids is 2. The summed E-state index contributed by atoms with van der Waals surface area (Å²) < 4.78 is 5.24. The lowest BCUT2D eigenvalue weighted by atomic mass is 9.79. The molecule has 0 aromatic heterocycles. The molecule has 23 heavy (non-hydrogen) atoms. The lowest BCUT2D eigenvalue weighted by Gasteiger charge is -2.27. The monoisotopic (exact) mass is 334 g/mol. The second kappa shape index (κ2) is 7.98. The number of nitrogens with one attached hydrogen (secondary N) is 1. The van der Waals surface area contributed by atoms with Crippen molar-refractivity contribution in [1.82, 2.24) is 5.32 Å². The predicted octanol–water partition coefficient (Wildman–Crippen LogP) is 2.72. The Morgan fingerprint density at radius 1 is 1.26 bits per heavy atom. The van der Waals surface area contributed by atoms with Crippen LogP contribution in [0.1, 0.15) is 37.7 Å². The first kappa shape index (κ1) is 17.3. The number of halogens is 1. The number of carbonyl (C=O) groups is 2. The fourth-order valence-electron chi connectivity index (χ4n) is 2.94. The molecular weight excluding hydrogens is 316 g/mol. The first-order valence-electron chi connectivity index (χ1n) is 7.65. The van der Waals surface area contributed by atoms with Crippen molar-refractivity contribution >= 4 is 23.5 Å². The molecule has 1 aliphatic carbocycles. The molecule has 5 nitrogen and oxygen atoms in total. The second-order valence-corrected chi connectivity index (χ2v) is 6.07. The van der Waals surface area contributed by atoms with Crippen LogP contribution in [0.15, 0.2) is 24.3 Å². The summed E-state index contributed by atoms with van der Waals surface area (Å²) in [5, 5.41) is 11.6.